The molecule has 0 aromatic heterocycles. The van der Waals surface area contributed by atoms with Crippen LogP contribution in [0.25, 0.3) is 0 Å². The van der Waals surface area contributed by atoms with Crippen LogP contribution in [0.3, 0.4) is 0 Å². The number of carboxylic acids is 1. The van der Waals surface area contributed by atoms with Crippen LogP contribution < -0.4 is 5.32 Å². The van der Waals surface area contributed by atoms with Gasteiger partial charge < -0.3 is 10.4 Å². The van der Waals surface area contributed by atoms with Gasteiger partial charge in [0.2, 0.25) is 0 Å². The van der Waals surface area contributed by atoms with Crippen molar-refractivity contribution in [2.45, 2.75) is 32.1 Å². The molecule has 6 nitrogen and oxygen atoms in total. The van der Waals surface area contributed by atoms with Crippen LogP contribution in [0.4, 0.5) is 11.4 Å². The number of nitro groups is 1. The number of hydrogen-bond donors (Lipinski definition) is 2. The van der Waals surface area contributed by atoms with Crippen molar-refractivity contribution in [2.75, 3.05) is 11.9 Å². The molecule has 0 unspecified atom stereocenters. The summed E-state index contributed by atoms with van der Waals surface area (Å²) >= 11 is 0. The molecule has 1 aromatic rings. The van der Waals surface area contributed by atoms with Gasteiger partial charge in [0.25, 0.3) is 5.69 Å². The Hall–Kier alpha value is -2.37. The maximum absolute atomic E-state index is 11.1. The smallest absolute Gasteiger partial charge is 0.342 e. The van der Waals surface area contributed by atoms with Gasteiger partial charge in [0.15, 0.2) is 0 Å². The molecule has 0 amide bonds. The van der Waals surface area contributed by atoms with Crippen molar-refractivity contribution in [1.29, 1.82) is 0 Å². The molecule has 2 N–H and O–H groups in total. The predicted octanol–water partition coefficient (Wildman–Crippen LogP) is 3.60. The molecule has 0 aliphatic heterocycles. The minimum absolute atomic E-state index is 0.290. The first-order valence-corrected chi connectivity index (χ1v) is 7.01. The number of hydrogen-bond acceptors (Lipinski definition) is 4. The van der Waals surface area contributed by atoms with Gasteiger partial charge in [-0.15, -0.1) is 0 Å². The lowest BCUT2D eigenvalue weighted by Crippen LogP contribution is -2.07. The minimum Gasteiger partial charge on any atom is -0.477 e. The SMILES string of the molecule is O=C(O)c1cc(NCCC2=CCCCC2)ccc1[N+](=O)[O-]. The molecule has 0 atom stereocenters. The zero-order valence-corrected chi connectivity index (χ0v) is 11.7. The van der Waals surface area contributed by atoms with Crippen LogP contribution in [0.1, 0.15) is 42.5 Å². The molecule has 21 heavy (non-hydrogen) atoms. The van der Waals surface area contributed by atoms with Crippen molar-refractivity contribution >= 4 is 17.3 Å². The molecule has 2 rings (SSSR count). The number of carboxylic acid groups (broad SMARTS) is 1. The molecule has 0 spiro atoms. The zero-order chi connectivity index (χ0) is 15.2. The monoisotopic (exact) mass is 290 g/mol. The van der Waals surface area contributed by atoms with Crippen LogP contribution in [0.2, 0.25) is 0 Å². The number of nitrogens with zero attached hydrogens (tertiary/aromatic N) is 1. The first-order valence-electron chi connectivity index (χ1n) is 7.01. The molecule has 0 bridgehead atoms. The fourth-order valence-corrected chi connectivity index (χ4v) is 2.48. The third kappa shape index (κ3) is 4.05. The summed E-state index contributed by atoms with van der Waals surface area (Å²) in [7, 11) is 0. The van der Waals surface area contributed by atoms with Gasteiger partial charge in [-0.3, -0.25) is 10.1 Å². The predicted molar refractivity (Wildman–Crippen MR) is 79.7 cm³/mol. The Bertz CT molecular complexity index is 581. The van der Waals surface area contributed by atoms with E-state index in [2.05, 4.69) is 11.4 Å². The minimum atomic E-state index is -1.29. The van der Waals surface area contributed by atoms with Gasteiger partial charge in [-0.25, -0.2) is 4.79 Å². The summed E-state index contributed by atoms with van der Waals surface area (Å²) in [5.74, 6) is -1.29. The van der Waals surface area contributed by atoms with E-state index in [1.807, 2.05) is 0 Å². The van der Waals surface area contributed by atoms with Crippen molar-refractivity contribution < 1.29 is 14.8 Å². The molecule has 0 heterocycles. The zero-order valence-electron chi connectivity index (χ0n) is 11.7. The summed E-state index contributed by atoms with van der Waals surface area (Å²) in [5, 5.41) is 22.9. The highest BCUT2D eigenvalue weighted by Crippen LogP contribution is 2.24. The Kier molecular flexibility index (Phi) is 4.92. The molecular weight excluding hydrogens is 272 g/mol. The average molecular weight is 290 g/mol. The number of allylic oxidation sites excluding steroid dienone is 1. The number of carbonyl (C=O) groups is 1. The molecule has 0 saturated carbocycles. The summed E-state index contributed by atoms with van der Waals surface area (Å²) < 4.78 is 0. The number of nitrogens with one attached hydrogen (secondary N) is 1. The van der Waals surface area contributed by atoms with Crippen LogP contribution in [0, 0.1) is 10.1 Å². The molecule has 1 aromatic carbocycles. The standard InChI is InChI=1S/C15H18N2O4/c18-15(19)13-10-12(6-7-14(13)17(20)21)16-9-8-11-4-2-1-3-5-11/h4,6-7,10,16H,1-3,5,8-9H2,(H,18,19). The van der Waals surface area contributed by atoms with E-state index >= 15 is 0 Å². The highest BCUT2D eigenvalue weighted by molar-refractivity contribution is 5.93. The van der Waals surface area contributed by atoms with E-state index in [1.54, 1.807) is 6.07 Å². The highest BCUT2D eigenvalue weighted by Gasteiger charge is 2.19. The summed E-state index contributed by atoms with van der Waals surface area (Å²) in [4.78, 5) is 21.2. The van der Waals surface area contributed by atoms with Gasteiger partial charge in [0, 0.05) is 18.3 Å². The quantitative estimate of drug-likeness (QED) is 0.474. The van der Waals surface area contributed by atoms with Crippen molar-refractivity contribution in [3.8, 4) is 0 Å². The van der Waals surface area contributed by atoms with Gasteiger partial charge in [0.05, 0.1) is 4.92 Å². The largest absolute Gasteiger partial charge is 0.477 e. The first-order chi connectivity index (χ1) is 10.1. The number of aromatic carboxylic acids is 1. The Balaban J connectivity index is 2.00. The molecule has 0 radical (unpaired) electrons. The number of anilines is 1. The molecule has 0 fully saturated rings. The number of rotatable bonds is 6. The highest BCUT2D eigenvalue weighted by atomic mass is 16.6. The van der Waals surface area contributed by atoms with Gasteiger partial charge in [-0.2, -0.15) is 0 Å². The van der Waals surface area contributed by atoms with E-state index < -0.39 is 10.9 Å². The van der Waals surface area contributed by atoms with Crippen LogP contribution >= 0.6 is 0 Å². The molecule has 1 aliphatic carbocycles. The van der Waals surface area contributed by atoms with Crippen molar-refractivity contribution in [3.63, 3.8) is 0 Å². The van der Waals surface area contributed by atoms with Crippen molar-refractivity contribution in [2.24, 2.45) is 0 Å². The second kappa shape index (κ2) is 6.88. The average Bonchev–Trinajstić information content (AvgIpc) is 2.48. The maximum atomic E-state index is 11.1. The van der Waals surface area contributed by atoms with E-state index in [0.717, 1.165) is 19.3 Å². The van der Waals surface area contributed by atoms with Gasteiger partial charge >= 0.3 is 5.97 Å². The Morgan fingerprint density at radius 3 is 2.81 bits per heavy atom. The molecule has 1 aliphatic rings. The Morgan fingerprint density at radius 2 is 2.19 bits per heavy atom. The second-order valence-corrected chi connectivity index (χ2v) is 5.08. The second-order valence-electron chi connectivity index (χ2n) is 5.08. The summed E-state index contributed by atoms with van der Waals surface area (Å²) in [6.45, 7) is 0.697. The number of benzene rings is 1. The first kappa shape index (κ1) is 15.0. The molecule has 0 saturated heterocycles. The molecule has 112 valence electrons. The fraction of sp³-hybridized carbons (Fsp3) is 0.400. The lowest BCUT2D eigenvalue weighted by Gasteiger charge is -2.13. The third-order valence-electron chi connectivity index (χ3n) is 3.58. The third-order valence-corrected chi connectivity index (χ3v) is 3.58. The van der Waals surface area contributed by atoms with Crippen molar-refractivity contribution in [1.82, 2.24) is 0 Å². The van der Waals surface area contributed by atoms with Gasteiger partial charge in [-0.1, -0.05) is 11.6 Å². The lowest BCUT2D eigenvalue weighted by molar-refractivity contribution is -0.385. The topological polar surface area (TPSA) is 92.5 Å². The maximum Gasteiger partial charge on any atom is 0.342 e. The molecular formula is C15H18N2O4. The van der Waals surface area contributed by atoms with Crippen LogP contribution in [0.15, 0.2) is 29.8 Å². The van der Waals surface area contributed by atoms with Gasteiger partial charge in [0.1, 0.15) is 5.56 Å². The summed E-state index contributed by atoms with van der Waals surface area (Å²) in [6, 6.07) is 4.08. The van der Waals surface area contributed by atoms with Crippen LogP contribution in [-0.2, 0) is 0 Å². The normalized spacial score (nSPS) is 14.4. The van der Waals surface area contributed by atoms with Crippen LogP contribution in [-0.4, -0.2) is 22.5 Å². The summed E-state index contributed by atoms with van der Waals surface area (Å²) in [6.07, 6.45) is 7.93. The van der Waals surface area contributed by atoms with Crippen LogP contribution in [0.5, 0.6) is 0 Å². The van der Waals surface area contributed by atoms with E-state index in [0.29, 0.717) is 12.2 Å². The van der Waals surface area contributed by atoms with E-state index in [-0.39, 0.29) is 11.3 Å². The van der Waals surface area contributed by atoms with Crippen molar-refractivity contribution in [3.05, 3.63) is 45.5 Å². The lowest BCUT2D eigenvalue weighted by atomic mass is 9.97. The van der Waals surface area contributed by atoms with Gasteiger partial charge in [-0.05, 0) is 44.2 Å². The molecule has 6 heteroatoms. The Morgan fingerprint density at radius 1 is 1.38 bits per heavy atom. The Labute approximate surface area is 122 Å². The van der Waals surface area contributed by atoms with E-state index in [1.165, 1.54) is 30.5 Å². The number of nitro benzene ring substituents is 1. The summed E-state index contributed by atoms with van der Waals surface area (Å²) in [5.41, 5.74) is 1.34. The van der Waals surface area contributed by atoms with E-state index in [4.69, 9.17) is 5.11 Å². The fourth-order valence-electron chi connectivity index (χ4n) is 2.48. The van der Waals surface area contributed by atoms with E-state index in [9.17, 15) is 14.9 Å².